The Morgan fingerprint density at radius 3 is 2.43 bits per heavy atom. The van der Waals surface area contributed by atoms with Crippen molar-refractivity contribution in [3.63, 3.8) is 0 Å². The van der Waals surface area contributed by atoms with Crippen molar-refractivity contribution in [1.82, 2.24) is 19.9 Å². The zero-order valence-electron chi connectivity index (χ0n) is 15.8. The van der Waals surface area contributed by atoms with Crippen LogP contribution in [0.2, 0.25) is 0 Å². The maximum Gasteiger partial charge on any atom is 0.254 e. The van der Waals surface area contributed by atoms with E-state index in [9.17, 15) is 4.79 Å². The molecule has 0 atom stereocenters. The third-order valence-electron chi connectivity index (χ3n) is 4.84. The summed E-state index contributed by atoms with van der Waals surface area (Å²) in [5.74, 6) is 1.99. The molecule has 0 unspecified atom stereocenters. The Balaban J connectivity index is 1.45. The Labute approximate surface area is 162 Å². The average Bonchev–Trinajstić information content (AvgIpc) is 2.77. The van der Waals surface area contributed by atoms with Crippen molar-refractivity contribution in [3.05, 3.63) is 48.3 Å². The molecule has 0 radical (unpaired) electrons. The topological polar surface area (TPSA) is 80.7 Å². The highest BCUT2D eigenvalue weighted by Gasteiger charge is 2.24. The second-order valence-corrected chi connectivity index (χ2v) is 6.42. The number of pyridine rings is 1. The quantitative estimate of drug-likeness (QED) is 0.686. The maximum absolute atomic E-state index is 12.9. The molecule has 4 rings (SSSR count). The molecule has 8 nitrogen and oxygen atoms in total. The highest BCUT2D eigenvalue weighted by molar-refractivity contribution is 5.95. The van der Waals surface area contributed by atoms with E-state index in [0.717, 1.165) is 11.3 Å². The van der Waals surface area contributed by atoms with Crippen molar-refractivity contribution in [1.29, 1.82) is 0 Å². The van der Waals surface area contributed by atoms with Crippen LogP contribution >= 0.6 is 0 Å². The predicted octanol–water partition coefficient (Wildman–Crippen LogP) is 2.00. The summed E-state index contributed by atoms with van der Waals surface area (Å²) in [5.41, 5.74) is 1.99. The summed E-state index contributed by atoms with van der Waals surface area (Å²) in [6, 6.07) is 9.10. The van der Waals surface area contributed by atoms with Gasteiger partial charge in [-0.3, -0.25) is 9.78 Å². The Hall–Kier alpha value is -3.42. The van der Waals surface area contributed by atoms with Crippen molar-refractivity contribution in [2.45, 2.75) is 0 Å². The number of aromatic nitrogens is 3. The fourth-order valence-corrected chi connectivity index (χ4v) is 3.31. The maximum atomic E-state index is 12.9. The monoisotopic (exact) mass is 379 g/mol. The Morgan fingerprint density at radius 1 is 0.929 bits per heavy atom. The van der Waals surface area contributed by atoms with Crippen LogP contribution in [0.4, 0.5) is 5.82 Å². The van der Waals surface area contributed by atoms with Gasteiger partial charge in [-0.2, -0.15) is 0 Å². The molecule has 0 bridgehead atoms. The van der Waals surface area contributed by atoms with Crippen LogP contribution in [0.15, 0.2) is 42.7 Å². The molecular formula is C20H21N5O3. The smallest absolute Gasteiger partial charge is 0.254 e. The Bertz CT molecular complexity index is 1000. The standard InChI is InChI=1S/C20H21N5O3/c1-27-16-5-3-14(13-17(16)28-2)20(26)25-11-9-24(10-12-25)18-6-4-15-19(23-18)22-8-7-21-15/h3-8,13H,9-12H2,1-2H3. The van der Waals surface area contributed by atoms with Gasteiger partial charge in [-0.1, -0.05) is 0 Å². The summed E-state index contributed by atoms with van der Waals surface area (Å²) >= 11 is 0. The molecule has 1 amide bonds. The molecule has 28 heavy (non-hydrogen) atoms. The van der Waals surface area contributed by atoms with Crippen molar-refractivity contribution in [3.8, 4) is 11.5 Å². The third kappa shape index (κ3) is 3.40. The predicted molar refractivity (Wildman–Crippen MR) is 105 cm³/mol. The molecule has 1 saturated heterocycles. The van der Waals surface area contributed by atoms with Crippen molar-refractivity contribution in [2.75, 3.05) is 45.3 Å². The second kappa shape index (κ2) is 7.67. The summed E-state index contributed by atoms with van der Waals surface area (Å²) in [6.07, 6.45) is 3.29. The minimum absolute atomic E-state index is 0.0158. The van der Waals surface area contributed by atoms with Crippen LogP contribution < -0.4 is 14.4 Å². The number of amides is 1. The molecule has 1 aliphatic heterocycles. The first-order chi connectivity index (χ1) is 13.7. The van der Waals surface area contributed by atoms with Crippen LogP contribution in [-0.2, 0) is 0 Å². The number of methoxy groups -OCH3 is 2. The number of piperazine rings is 1. The van der Waals surface area contributed by atoms with E-state index < -0.39 is 0 Å². The molecule has 0 spiro atoms. The number of anilines is 1. The Morgan fingerprint density at radius 2 is 1.68 bits per heavy atom. The van der Waals surface area contributed by atoms with E-state index in [-0.39, 0.29) is 5.91 Å². The van der Waals surface area contributed by atoms with Gasteiger partial charge in [-0.05, 0) is 30.3 Å². The molecule has 8 heteroatoms. The lowest BCUT2D eigenvalue weighted by molar-refractivity contribution is 0.0746. The molecule has 0 saturated carbocycles. The molecule has 3 heterocycles. The number of rotatable bonds is 4. The fourth-order valence-electron chi connectivity index (χ4n) is 3.31. The minimum atomic E-state index is -0.0158. The van der Waals surface area contributed by atoms with Crippen LogP contribution in [0.1, 0.15) is 10.4 Å². The van der Waals surface area contributed by atoms with Gasteiger partial charge in [0, 0.05) is 44.1 Å². The summed E-state index contributed by atoms with van der Waals surface area (Å²) in [7, 11) is 3.14. The number of hydrogen-bond donors (Lipinski definition) is 0. The van der Waals surface area contributed by atoms with Gasteiger partial charge in [-0.25, -0.2) is 9.97 Å². The summed E-state index contributed by atoms with van der Waals surface area (Å²) in [4.78, 5) is 30.0. The van der Waals surface area contributed by atoms with E-state index in [1.165, 1.54) is 0 Å². The van der Waals surface area contributed by atoms with Crippen LogP contribution in [0.5, 0.6) is 11.5 Å². The van der Waals surface area contributed by atoms with E-state index in [4.69, 9.17) is 9.47 Å². The van der Waals surface area contributed by atoms with Gasteiger partial charge < -0.3 is 19.3 Å². The first-order valence-electron chi connectivity index (χ1n) is 9.03. The molecule has 2 aromatic heterocycles. The number of hydrogen-bond acceptors (Lipinski definition) is 7. The second-order valence-electron chi connectivity index (χ2n) is 6.42. The summed E-state index contributed by atoms with van der Waals surface area (Å²) in [5, 5.41) is 0. The molecule has 0 aliphatic carbocycles. The molecule has 3 aromatic rings. The summed E-state index contributed by atoms with van der Waals surface area (Å²) < 4.78 is 10.5. The number of carbonyl (C=O) groups is 1. The minimum Gasteiger partial charge on any atom is -0.493 e. The summed E-state index contributed by atoms with van der Waals surface area (Å²) in [6.45, 7) is 2.65. The zero-order chi connectivity index (χ0) is 19.5. The van der Waals surface area contributed by atoms with Crippen LogP contribution in [0.25, 0.3) is 11.2 Å². The lowest BCUT2D eigenvalue weighted by atomic mass is 10.1. The molecule has 0 N–H and O–H groups in total. The van der Waals surface area contributed by atoms with E-state index in [0.29, 0.717) is 48.9 Å². The number of ether oxygens (including phenoxy) is 2. The lowest BCUT2D eigenvalue weighted by Crippen LogP contribution is -2.49. The van der Waals surface area contributed by atoms with Gasteiger partial charge in [0.25, 0.3) is 5.91 Å². The molecule has 1 fully saturated rings. The third-order valence-corrected chi connectivity index (χ3v) is 4.84. The van der Waals surface area contributed by atoms with Gasteiger partial charge in [0.1, 0.15) is 11.3 Å². The van der Waals surface area contributed by atoms with Gasteiger partial charge in [-0.15, -0.1) is 0 Å². The Kier molecular flexibility index (Phi) is 4.92. The van der Waals surface area contributed by atoms with E-state index in [2.05, 4.69) is 19.9 Å². The molecule has 144 valence electrons. The average molecular weight is 379 g/mol. The van der Waals surface area contributed by atoms with Gasteiger partial charge >= 0.3 is 0 Å². The number of nitrogens with zero attached hydrogens (tertiary/aromatic N) is 5. The van der Waals surface area contributed by atoms with Crippen molar-refractivity contribution < 1.29 is 14.3 Å². The SMILES string of the molecule is COc1ccc(C(=O)N2CCN(c3ccc4nccnc4n3)CC2)cc1OC. The highest BCUT2D eigenvalue weighted by Crippen LogP contribution is 2.28. The van der Waals surface area contributed by atoms with Crippen LogP contribution in [0, 0.1) is 0 Å². The number of benzene rings is 1. The molecular weight excluding hydrogens is 358 g/mol. The van der Waals surface area contributed by atoms with Crippen molar-refractivity contribution >= 4 is 22.9 Å². The van der Waals surface area contributed by atoms with Gasteiger partial charge in [0.15, 0.2) is 17.1 Å². The zero-order valence-corrected chi connectivity index (χ0v) is 15.8. The van der Waals surface area contributed by atoms with Gasteiger partial charge in [0.05, 0.1) is 14.2 Å². The molecule has 1 aromatic carbocycles. The van der Waals surface area contributed by atoms with Crippen molar-refractivity contribution in [2.24, 2.45) is 0 Å². The fraction of sp³-hybridized carbons (Fsp3) is 0.300. The van der Waals surface area contributed by atoms with E-state index >= 15 is 0 Å². The van der Waals surface area contributed by atoms with E-state index in [1.54, 1.807) is 44.8 Å². The highest BCUT2D eigenvalue weighted by atomic mass is 16.5. The lowest BCUT2D eigenvalue weighted by Gasteiger charge is -2.35. The van der Waals surface area contributed by atoms with Gasteiger partial charge in [0.2, 0.25) is 0 Å². The van der Waals surface area contributed by atoms with E-state index in [1.807, 2.05) is 17.0 Å². The number of carbonyl (C=O) groups excluding carboxylic acids is 1. The molecule has 1 aliphatic rings. The largest absolute Gasteiger partial charge is 0.493 e. The normalized spacial score (nSPS) is 14.2. The van der Waals surface area contributed by atoms with Crippen LogP contribution in [0.3, 0.4) is 0 Å². The first-order valence-corrected chi connectivity index (χ1v) is 9.03. The first kappa shape index (κ1) is 18.0. The van der Waals surface area contributed by atoms with Crippen LogP contribution in [-0.4, -0.2) is 66.2 Å². The number of fused-ring (bicyclic) bond motifs is 1.